The zero-order valence-electron chi connectivity index (χ0n) is 10.6. The van der Waals surface area contributed by atoms with Crippen molar-refractivity contribution >= 4 is 17.7 Å². The Morgan fingerprint density at radius 2 is 2.00 bits per heavy atom. The Kier molecular flexibility index (Phi) is 5.67. The fourth-order valence-corrected chi connectivity index (χ4v) is 4.17. The summed E-state index contributed by atoms with van der Waals surface area (Å²) in [7, 11) is 0. The molecule has 1 saturated carbocycles. The Labute approximate surface area is 103 Å². The smallest absolute Gasteiger partial charge is 0.316 e. The van der Waals surface area contributed by atoms with E-state index in [1.165, 1.54) is 32.1 Å². The molecule has 0 aromatic rings. The minimum absolute atomic E-state index is 0.224. The molecule has 0 radical (unpaired) electrons. The van der Waals surface area contributed by atoms with E-state index >= 15 is 0 Å². The van der Waals surface area contributed by atoms with E-state index in [1.54, 1.807) is 11.8 Å². The van der Waals surface area contributed by atoms with Crippen molar-refractivity contribution in [1.82, 2.24) is 0 Å². The molecule has 0 aromatic carbocycles. The van der Waals surface area contributed by atoms with Gasteiger partial charge in [0, 0.05) is 5.25 Å². The molecule has 0 amide bonds. The van der Waals surface area contributed by atoms with Crippen LogP contribution < -0.4 is 0 Å². The van der Waals surface area contributed by atoms with Crippen molar-refractivity contribution in [3.05, 3.63) is 0 Å². The summed E-state index contributed by atoms with van der Waals surface area (Å²) >= 11 is 1.72. The van der Waals surface area contributed by atoms with Crippen LogP contribution in [0.2, 0.25) is 0 Å². The summed E-state index contributed by atoms with van der Waals surface area (Å²) in [4.78, 5) is 11.2. The number of hydrogen-bond donors (Lipinski definition) is 1. The Morgan fingerprint density at radius 3 is 2.50 bits per heavy atom. The number of thioether (sulfide) groups is 1. The molecule has 16 heavy (non-hydrogen) atoms. The highest BCUT2D eigenvalue weighted by Gasteiger charge is 2.31. The number of carbonyl (C=O) groups is 1. The van der Waals surface area contributed by atoms with E-state index in [-0.39, 0.29) is 11.2 Å². The molecule has 0 spiro atoms. The van der Waals surface area contributed by atoms with Crippen LogP contribution in [0.1, 0.15) is 52.9 Å². The minimum Gasteiger partial charge on any atom is -0.480 e. The predicted octanol–water partition coefficient (Wildman–Crippen LogP) is 3.80. The maximum atomic E-state index is 11.2. The lowest BCUT2D eigenvalue weighted by Crippen LogP contribution is -2.30. The third-order valence-electron chi connectivity index (χ3n) is 3.53. The second-order valence-electron chi connectivity index (χ2n) is 5.13. The third kappa shape index (κ3) is 3.69. The second kappa shape index (κ2) is 6.53. The van der Waals surface area contributed by atoms with Gasteiger partial charge in [-0.2, -0.15) is 0 Å². The highest BCUT2D eigenvalue weighted by atomic mass is 32.2. The van der Waals surface area contributed by atoms with Gasteiger partial charge in [-0.1, -0.05) is 40.0 Å². The van der Waals surface area contributed by atoms with Crippen molar-refractivity contribution in [1.29, 1.82) is 0 Å². The first-order chi connectivity index (χ1) is 7.56. The van der Waals surface area contributed by atoms with Crippen LogP contribution in [-0.4, -0.2) is 21.6 Å². The fraction of sp³-hybridized carbons (Fsp3) is 0.923. The Balaban J connectivity index is 2.58. The van der Waals surface area contributed by atoms with Crippen LogP contribution in [0, 0.1) is 11.8 Å². The van der Waals surface area contributed by atoms with Gasteiger partial charge in [-0.25, -0.2) is 0 Å². The number of carboxylic acids is 1. The molecule has 1 N–H and O–H groups in total. The van der Waals surface area contributed by atoms with Gasteiger partial charge in [0.15, 0.2) is 0 Å². The molecule has 3 atom stereocenters. The summed E-state index contributed by atoms with van der Waals surface area (Å²) in [5.41, 5.74) is 0. The summed E-state index contributed by atoms with van der Waals surface area (Å²) < 4.78 is 0. The van der Waals surface area contributed by atoms with E-state index in [0.29, 0.717) is 5.25 Å². The summed E-state index contributed by atoms with van der Waals surface area (Å²) in [6.07, 6.45) is 6.30. The molecule has 0 saturated heterocycles. The summed E-state index contributed by atoms with van der Waals surface area (Å²) in [5, 5.41) is 9.56. The lowest BCUT2D eigenvalue weighted by molar-refractivity contribution is -0.137. The monoisotopic (exact) mass is 244 g/mol. The van der Waals surface area contributed by atoms with Crippen LogP contribution in [0.5, 0.6) is 0 Å². The lowest BCUT2D eigenvalue weighted by Gasteiger charge is -2.33. The maximum absolute atomic E-state index is 11.2. The number of carboxylic acid groups (broad SMARTS) is 1. The molecule has 3 heteroatoms. The van der Waals surface area contributed by atoms with Crippen LogP contribution in [-0.2, 0) is 4.79 Å². The van der Waals surface area contributed by atoms with Gasteiger partial charge in [-0.3, -0.25) is 4.79 Å². The molecule has 3 unspecified atom stereocenters. The van der Waals surface area contributed by atoms with Gasteiger partial charge in [-0.15, -0.1) is 11.8 Å². The average molecular weight is 244 g/mol. The zero-order chi connectivity index (χ0) is 12.1. The quantitative estimate of drug-likeness (QED) is 0.799. The van der Waals surface area contributed by atoms with Crippen LogP contribution in [0.4, 0.5) is 0 Å². The van der Waals surface area contributed by atoms with Crippen molar-refractivity contribution in [2.24, 2.45) is 11.8 Å². The van der Waals surface area contributed by atoms with E-state index in [9.17, 15) is 9.90 Å². The molecular weight excluding hydrogens is 220 g/mol. The van der Waals surface area contributed by atoms with Crippen molar-refractivity contribution in [2.45, 2.75) is 63.4 Å². The van der Waals surface area contributed by atoms with Gasteiger partial charge in [0.05, 0.1) is 0 Å². The topological polar surface area (TPSA) is 37.3 Å². The molecule has 0 aromatic heterocycles. The second-order valence-corrected chi connectivity index (χ2v) is 6.52. The average Bonchev–Trinajstić information content (AvgIpc) is 2.25. The molecule has 0 aliphatic heterocycles. The standard InChI is InChI=1S/C13H24O2S/c1-4-10-7-5-6-8-11(10)16-12(9(2)3)13(14)15/h9-12H,4-8H2,1-3H3,(H,14,15). The van der Waals surface area contributed by atoms with Crippen molar-refractivity contribution < 1.29 is 9.90 Å². The molecule has 0 heterocycles. The number of rotatable bonds is 5. The zero-order valence-corrected chi connectivity index (χ0v) is 11.4. The van der Waals surface area contributed by atoms with Crippen molar-refractivity contribution in [2.75, 3.05) is 0 Å². The molecule has 1 aliphatic carbocycles. The highest BCUT2D eigenvalue weighted by Crippen LogP contribution is 2.38. The van der Waals surface area contributed by atoms with Gasteiger partial charge < -0.3 is 5.11 Å². The minimum atomic E-state index is -0.638. The van der Waals surface area contributed by atoms with Gasteiger partial charge in [0.1, 0.15) is 5.25 Å². The summed E-state index contributed by atoms with van der Waals surface area (Å²) in [6, 6.07) is 0. The third-order valence-corrected chi connectivity index (χ3v) is 5.54. The molecule has 1 fully saturated rings. The van der Waals surface area contributed by atoms with Gasteiger partial charge in [0.2, 0.25) is 0 Å². The van der Waals surface area contributed by atoms with E-state index < -0.39 is 5.97 Å². The van der Waals surface area contributed by atoms with Crippen LogP contribution in [0.25, 0.3) is 0 Å². The number of hydrogen-bond acceptors (Lipinski definition) is 2. The molecular formula is C13H24O2S. The molecule has 1 aliphatic rings. The first-order valence-electron chi connectivity index (χ1n) is 6.44. The largest absolute Gasteiger partial charge is 0.480 e. The normalized spacial score (nSPS) is 28.0. The summed E-state index contributed by atoms with van der Waals surface area (Å²) in [6.45, 7) is 6.25. The van der Waals surface area contributed by atoms with E-state index in [1.807, 2.05) is 13.8 Å². The molecule has 0 bridgehead atoms. The number of aliphatic carboxylic acids is 1. The van der Waals surface area contributed by atoms with Crippen molar-refractivity contribution in [3.8, 4) is 0 Å². The molecule has 2 nitrogen and oxygen atoms in total. The summed E-state index contributed by atoms with van der Waals surface area (Å²) in [5.74, 6) is 0.321. The first kappa shape index (κ1) is 13.9. The van der Waals surface area contributed by atoms with E-state index in [2.05, 4.69) is 6.92 Å². The molecule has 94 valence electrons. The van der Waals surface area contributed by atoms with Crippen LogP contribution >= 0.6 is 11.8 Å². The van der Waals surface area contributed by atoms with E-state index in [4.69, 9.17) is 0 Å². The predicted molar refractivity (Wildman–Crippen MR) is 69.9 cm³/mol. The fourth-order valence-electron chi connectivity index (χ4n) is 2.51. The van der Waals surface area contributed by atoms with Gasteiger partial charge >= 0.3 is 5.97 Å². The van der Waals surface area contributed by atoms with Crippen molar-refractivity contribution in [3.63, 3.8) is 0 Å². The Morgan fingerprint density at radius 1 is 1.38 bits per heavy atom. The Bertz CT molecular complexity index is 228. The Hall–Kier alpha value is -0.180. The van der Waals surface area contributed by atoms with E-state index in [0.717, 1.165) is 5.92 Å². The SMILES string of the molecule is CCC1CCCCC1SC(C(=O)O)C(C)C. The first-order valence-corrected chi connectivity index (χ1v) is 7.38. The molecule has 1 rings (SSSR count). The van der Waals surface area contributed by atoms with Gasteiger partial charge in [-0.05, 0) is 24.7 Å². The van der Waals surface area contributed by atoms with Gasteiger partial charge in [0.25, 0.3) is 0 Å². The van der Waals surface area contributed by atoms with Crippen LogP contribution in [0.3, 0.4) is 0 Å². The maximum Gasteiger partial charge on any atom is 0.316 e. The van der Waals surface area contributed by atoms with Crippen LogP contribution in [0.15, 0.2) is 0 Å². The lowest BCUT2D eigenvalue weighted by atomic mass is 9.87. The highest BCUT2D eigenvalue weighted by molar-refractivity contribution is 8.01.